The van der Waals surface area contributed by atoms with Crippen LogP contribution in [0.25, 0.3) is 0 Å². The fraction of sp³-hybridized carbons (Fsp3) is 0.300. The molecular weight excluding hydrogens is 316 g/mol. The average Bonchev–Trinajstić information content (AvgIpc) is 2.59. The average molecular weight is 340 g/mol. The number of hydrogen-bond donors (Lipinski definition) is 1. The molecule has 2 amide bonds. The number of nitrogens with zero attached hydrogens (tertiary/aromatic N) is 1. The monoisotopic (exact) mass is 340 g/mol. The van der Waals surface area contributed by atoms with Gasteiger partial charge in [-0.3, -0.25) is 14.5 Å². The lowest BCUT2D eigenvalue weighted by Gasteiger charge is -2.23. The molecule has 0 aliphatic carbocycles. The van der Waals surface area contributed by atoms with Crippen LogP contribution in [0.15, 0.2) is 54.6 Å². The molecule has 0 saturated carbocycles. The number of carbonyl (C=O) groups excluding carboxylic acids is 2. The second kappa shape index (κ2) is 8.87. The summed E-state index contributed by atoms with van der Waals surface area (Å²) in [6.45, 7) is 6.01. The molecule has 0 aliphatic rings. The van der Waals surface area contributed by atoms with Crippen LogP contribution in [0.1, 0.15) is 20.8 Å². The summed E-state index contributed by atoms with van der Waals surface area (Å²) in [5.41, 5.74) is 0.568. The van der Waals surface area contributed by atoms with Gasteiger partial charge in [-0.2, -0.15) is 0 Å². The molecule has 0 heterocycles. The third-order valence-electron chi connectivity index (χ3n) is 3.52. The molecule has 132 valence electrons. The highest BCUT2D eigenvalue weighted by Crippen LogP contribution is 2.32. The summed E-state index contributed by atoms with van der Waals surface area (Å²) in [6.07, 6.45) is 0. The van der Waals surface area contributed by atoms with Gasteiger partial charge in [-0.25, -0.2) is 0 Å². The Labute approximate surface area is 148 Å². The molecule has 25 heavy (non-hydrogen) atoms. The summed E-state index contributed by atoms with van der Waals surface area (Å²) in [7, 11) is 0. The van der Waals surface area contributed by atoms with E-state index < -0.39 is 0 Å². The topological polar surface area (TPSA) is 58.6 Å². The second-order valence-corrected chi connectivity index (χ2v) is 6.19. The molecule has 0 unspecified atom stereocenters. The summed E-state index contributed by atoms with van der Waals surface area (Å²) in [5, 5.41) is 2.83. The molecule has 5 nitrogen and oxygen atoms in total. The van der Waals surface area contributed by atoms with Crippen LogP contribution in [0.4, 0.5) is 5.69 Å². The Morgan fingerprint density at radius 1 is 1.04 bits per heavy atom. The third kappa shape index (κ3) is 5.64. The van der Waals surface area contributed by atoms with Gasteiger partial charge < -0.3 is 10.1 Å². The molecule has 0 fully saturated rings. The second-order valence-electron chi connectivity index (χ2n) is 6.19. The molecule has 0 aliphatic heterocycles. The zero-order chi connectivity index (χ0) is 18.2. The van der Waals surface area contributed by atoms with Crippen LogP contribution in [0.3, 0.4) is 0 Å². The van der Waals surface area contributed by atoms with Gasteiger partial charge in [0.05, 0.1) is 5.69 Å². The Hall–Kier alpha value is -2.82. The lowest BCUT2D eigenvalue weighted by molar-refractivity contribution is -0.123. The summed E-state index contributed by atoms with van der Waals surface area (Å²) in [5.74, 6) is 1.13. The smallest absolute Gasteiger partial charge is 0.240 e. The molecule has 2 aromatic carbocycles. The van der Waals surface area contributed by atoms with Gasteiger partial charge in [-0.1, -0.05) is 44.2 Å². The first-order valence-corrected chi connectivity index (χ1v) is 8.34. The van der Waals surface area contributed by atoms with E-state index in [9.17, 15) is 9.59 Å². The first-order valence-electron chi connectivity index (χ1n) is 8.34. The van der Waals surface area contributed by atoms with E-state index >= 15 is 0 Å². The van der Waals surface area contributed by atoms with E-state index in [0.717, 1.165) is 0 Å². The van der Waals surface area contributed by atoms with Crippen molar-refractivity contribution in [3.8, 4) is 11.5 Å². The maximum absolute atomic E-state index is 12.2. The van der Waals surface area contributed by atoms with Gasteiger partial charge in [-0.05, 0) is 30.2 Å². The summed E-state index contributed by atoms with van der Waals surface area (Å²) in [4.78, 5) is 25.7. The van der Waals surface area contributed by atoms with Crippen LogP contribution in [-0.4, -0.2) is 24.9 Å². The highest BCUT2D eigenvalue weighted by atomic mass is 16.5. The number of anilines is 1. The molecule has 0 aromatic heterocycles. The van der Waals surface area contributed by atoms with Gasteiger partial charge in [0.15, 0.2) is 5.75 Å². The number of nitrogens with one attached hydrogen (secondary N) is 1. The van der Waals surface area contributed by atoms with Gasteiger partial charge in [0, 0.05) is 13.5 Å². The number of ether oxygens (including phenoxy) is 1. The molecule has 0 saturated heterocycles. The van der Waals surface area contributed by atoms with Crippen LogP contribution in [0, 0.1) is 5.92 Å². The molecule has 1 N–H and O–H groups in total. The lowest BCUT2D eigenvalue weighted by atomic mass is 10.2. The van der Waals surface area contributed by atoms with Crippen LogP contribution in [0.2, 0.25) is 0 Å². The summed E-state index contributed by atoms with van der Waals surface area (Å²) < 4.78 is 5.89. The third-order valence-corrected chi connectivity index (χ3v) is 3.52. The minimum absolute atomic E-state index is 0.0444. The Bertz CT molecular complexity index is 714. The number of amides is 2. The summed E-state index contributed by atoms with van der Waals surface area (Å²) >= 11 is 0. The van der Waals surface area contributed by atoms with E-state index in [1.54, 1.807) is 12.1 Å². The quantitative estimate of drug-likeness (QED) is 0.838. The summed E-state index contributed by atoms with van der Waals surface area (Å²) in [6, 6.07) is 16.5. The molecular formula is C20H24N2O3. The molecule has 0 atom stereocenters. The minimum atomic E-state index is -0.219. The highest BCUT2D eigenvalue weighted by molar-refractivity contribution is 5.98. The van der Waals surface area contributed by atoms with Crippen molar-refractivity contribution in [2.24, 2.45) is 5.92 Å². The van der Waals surface area contributed by atoms with E-state index in [0.29, 0.717) is 29.6 Å². The van der Waals surface area contributed by atoms with Gasteiger partial charge >= 0.3 is 0 Å². The van der Waals surface area contributed by atoms with Crippen LogP contribution >= 0.6 is 0 Å². The fourth-order valence-corrected chi connectivity index (χ4v) is 2.27. The fourth-order valence-electron chi connectivity index (χ4n) is 2.27. The minimum Gasteiger partial charge on any atom is -0.455 e. The normalized spacial score (nSPS) is 10.4. The number of rotatable bonds is 7. The van der Waals surface area contributed by atoms with Crippen LogP contribution < -0.4 is 15.0 Å². The molecule has 2 aromatic rings. The van der Waals surface area contributed by atoms with Crippen molar-refractivity contribution >= 4 is 17.5 Å². The SMILES string of the molecule is CC(=O)N(CC(=O)NCC(C)C)c1ccccc1Oc1ccccc1. The number of benzene rings is 2. The van der Waals surface area contributed by atoms with Crippen molar-refractivity contribution in [1.82, 2.24) is 5.32 Å². The first-order chi connectivity index (χ1) is 12.0. The zero-order valence-corrected chi connectivity index (χ0v) is 14.9. The molecule has 0 spiro atoms. The predicted octanol–water partition coefficient (Wildman–Crippen LogP) is 3.60. The van der Waals surface area contributed by atoms with E-state index in [1.165, 1.54) is 11.8 Å². The van der Waals surface area contributed by atoms with Gasteiger partial charge in [0.2, 0.25) is 11.8 Å². The predicted molar refractivity (Wildman–Crippen MR) is 98.8 cm³/mol. The molecule has 2 rings (SSSR count). The Morgan fingerprint density at radius 2 is 1.68 bits per heavy atom. The van der Waals surface area contributed by atoms with Crippen molar-refractivity contribution < 1.29 is 14.3 Å². The van der Waals surface area contributed by atoms with Gasteiger partial charge in [0.25, 0.3) is 0 Å². The van der Waals surface area contributed by atoms with E-state index in [1.807, 2.05) is 56.3 Å². The zero-order valence-electron chi connectivity index (χ0n) is 14.9. The Kier molecular flexibility index (Phi) is 6.57. The maximum atomic E-state index is 12.2. The first kappa shape index (κ1) is 18.5. The lowest BCUT2D eigenvalue weighted by Crippen LogP contribution is -2.41. The van der Waals surface area contributed by atoms with E-state index in [2.05, 4.69) is 5.32 Å². The van der Waals surface area contributed by atoms with Gasteiger partial charge in [-0.15, -0.1) is 0 Å². The number of para-hydroxylation sites is 3. The molecule has 0 bridgehead atoms. The number of hydrogen-bond acceptors (Lipinski definition) is 3. The largest absolute Gasteiger partial charge is 0.455 e. The van der Waals surface area contributed by atoms with Crippen molar-refractivity contribution in [3.63, 3.8) is 0 Å². The van der Waals surface area contributed by atoms with Crippen molar-refractivity contribution in [1.29, 1.82) is 0 Å². The van der Waals surface area contributed by atoms with Crippen molar-refractivity contribution in [2.45, 2.75) is 20.8 Å². The van der Waals surface area contributed by atoms with Crippen molar-refractivity contribution in [2.75, 3.05) is 18.0 Å². The maximum Gasteiger partial charge on any atom is 0.240 e. The number of carbonyl (C=O) groups is 2. The van der Waals surface area contributed by atoms with Crippen LogP contribution in [0.5, 0.6) is 11.5 Å². The Morgan fingerprint density at radius 3 is 2.32 bits per heavy atom. The standard InChI is InChI=1S/C20H24N2O3/c1-15(2)13-21-20(24)14-22(16(3)23)18-11-7-8-12-19(18)25-17-9-5-4-6-10-17/h4-12,15H,13-14H2,1-3H3,(H,21,24). The Balaban J connectivity index is 2.20. The van der Waals surface area contributed by atoms with E-state index in [4.69, 9.17) is 4.74 Å². The van der Waals surface area contributed by atoms with Crippen LogP contribution in [-0.2, 0) is 9.59 Å². The molecule has 5 heteroatoms. The molecule has 0 radical (unpaired) electrons. The van der Waals surface area contributed by atoms with Gasteiger partial charge in [0.1, 0.15) is 12.3 Å². The highest BCUT2D eigenvalue weighted by Gasteiger charge is 2.19. The van der Waals surface area contributed by atoms with Crippen molar-refractivity contribution in [3.05, 3.63) is 54.6 Å². The van der Waals surface area contributed by atoms with E-state index in [-0.39, 0.29) is 18.4 Å².